The van der Waals surface area contributed by atoms with Gasteiger partial charge < -0.3 is 9.84 Å². The first-order chi connectivity index (χ1) is 12.3. The van der Waals surface area contributed by atoms with Gasteiger partial charge >= 0.3 is 6.18 Å². The van der Waals surface area contributed by atoms with Crippen molar-refractivity contribution in [3.05, 3.63) is 41.7 Å². The van der Waals surface area contributed by atoms with E-state index < -0.39 is 11.7 Å². The van der Waals surface area contributed by atoms with Crippen molar-refractivity contribution in [1.29, 1.82) is 0 Å². The lowest BCUT2D eigenvalue weighted by atomic mass is 10.2. The minimum absolute atomic E-state index is 0.0642. The van der Waals surface area contributed by atoms with Crippen LogP contribution in [0.3, 0.4) is 0 Å². The van der Waals surface area contributed by atoms with Gasteiger partial charge in [-0.15, -0.1) is 5.10 Å². The van der Waals surface area contributed by atoms with Gasteiger partial charge in [0.15, 0.2) is 5.82 Å². The molecule has 0 aliphatic carbocycles. The van der Waals surface area contributed by atoms with Crippen molar-refractivity contribution in [3.63, 3.8) is 0 Å². The molecule has 8 nitrogen and oxygen atoms in total. The van der Waals surface area contributed by atoms with E-state index in [1.54, 1.807) is 13.0 Å². The summed E-state index contributed by atoms with van der Waals surface area (Å²) < 4.78 is 44.5. The topological polar surface area (TPSA) is 98.7 Å². The third-order valence-electron chi connectivity index (χ3n) is 3.09. The molecule has 0 bridgehead atoms. The summed E-state index contributed by atoms with van der Waals surface area (Å²) in [6, 6.07) is 6.13. The number of rotatable bonds is 5. The number of nitrogens with one attached hydrogen (secondary N) is 1. The van der Waals surface area contributed by atoms with Crippen LogP contribution in [0.4, 0.5) is 19.0 Å². The first-order valence-corrected chi connectivity index (χ1v) is 8.13. The molecule has 0 radical (unpaired) electrons. The first kappa shape index (κ1) is 17.9. The number of benzene rings is 1. The summed E-state index contributed by atoms with van der Waals surface area (Å²) in [7, 11) is 0. The van der Waals surface area contributed by atoms with Crippen LogP contribution in [-0.4, -0.2) is 37.0 Å². The summed E-state index contributed by atoms with van der Waals surface area (Å²) in [6.07, 6.45) is -4.48. The molecule has 0 saturated carbocycles. The van der Waals surface area contributed by atoms with E-state index in [0.29, 0.717) is 5.76 Å². The van der Waals surface area contributed by atoms with Gasteiger partial charge in [-0.25, -0.2) is 0 Å². The molecule has 0 aliphatic rings. The number of nitrogens with zero attached hydrogens (tertiary/aromatic N) is 5. The molecule has 0 aliphatic heterocycles. The van der Waals surface area contributed by atoms with Gasteiger partial charge in [0.1, 0.15) is 5.76 Å². The maximum absolute atomic E-state index is 12.8. The average molecular weight is 384 g/mol. The highest BCUT2D eigenvalue weighted by molar-refractivity contribution is 7.99. The number of thioether (sulfide) groups is 1. The maximum Gasteiger partial charge on any atom is 0.416 e. The van der Waals surface area contributed by atoms with Crippen LogP contribution >= 0.6 is 11.8 Å². The number of hydrogen-bond donors (Lipinski definition) is 1. The number of aryl methyl sites for hydroxylation is 1. The van der Waals surface area contributed by atoms with Crippen molar-refractivity contribution in [1.82, 2.24) is 25.4 Å². The van der Waals surface area contributed by atoms with E-state index in [1.165, 1.54) is 12.1 Å². The second-order valence-electron chi connectivity index (χ2n) is 5.08. The Morgan fingerprint density at radius 2 is 2.15 bits per heavy atom. The van der Waals surface area contributed by atoms with E-state index in [0.717, 1.165) is 28.6 Å². The molecule has 3 rings (SSSR count). The monoisotopic (exact) mass is 384 g/mol. The van der Waals surface area contributed by atoms with Crippen molar-refractivity contribution in [2.75, 3.05) is 11.1 Å². The predicted molar refractivity (Wildman–Crippen MR) is 84.7 cm³/mol. The molecular weight excluding hydrogens is 373 g/mol. The van der Waals surface area contributed by atoms with E-state index in [4.69, 9.17) is 4.52 Å². The second kappa shape index (κ2) is 7.15. The molecule has 0 unspecified atom stereocenters. The summed E-state index contributed by atoms with van der Waals surface area (Å²) in [5, 5.41) is 17.2. The van der Waals surface area contributed by atoms with E-state index >= 15 is 0 Å². The van der Waals surface area contributed by atoms with Gasteiger partial charge in [-0.3, -0.25) is 4.79 Å². The molecular formula is C14H11F3N6O2S. The van der Waals surface area contributed by atoms with Crippen molar-refractivity contribution >= 4 is 23.5 Å². The molecule has 1 N–H and O–H groups in total. The Bertz CT molecular complexity index is 923. The van der Waals surface area contributed by atoms with Crippen LogP contribution in [0.5, 0.6) is 0 Å². The van der Waals surface area contributed by atoms with Crippen LogP contribution in [-0.2, 0) is 11.0 Å². The Hall–Kier alpha value is -2.89. The van der Waals surface area contributed by atoms with Gasteiger partial charge in [0.05, 0.1) is 17.0 Å². The number of amides is 1. The normalized spacial score (nSPS) is 11.5. The van der Waals surface area contributed by atoms with Crippen molar-refractivity contribution in [2.24, 2.45) is 0 Å². The number of alkyl halides is 3. The molecule has 2 heterocycles. The van der Waals surface area contributed by atoms with Crippen molar-refractivity contribution in [2.45, 2.75) is 18.3 Å². The summed E-state index contributed by atoms with van der Waals surface area (Å²) >= 11 is 0.971. The molecule has 0 fully saturated rings. The molecule has 0 spiro atoms. The minimum atomic E-state index is -4.48. The highest BCUT2D eigenvalue weighted by atomic mass is 32.2. The molecule has 12 heteroatoms. The molecule has 3 aromatic rings. The van der Waals surface area contributed by atoms with Gasteiger partial charge in [0.2, 0.25) is 11.1 Å². The van der Waals surface area contributed by atoms with Crippen LogP contribution in [0.15, 0.2) is 40.0 Å². The molecule has 136 valence electrons. The molecule has 26 heavy (non-hydrogen) atoms. The fourth-order valence-corrected chi connectivity index (χ4v) is 2.67. The SMILES string of the molecule is Cc1cc(NC(=O)CSc2nnnn2-c2cccc(C(F)(F)F)c2)no1. The van der Waals surface area contributed by atoms with Crippen LogP contribution < -0.4 is 5.32 Å². The van der Waals surface area contributed by atoms with Gasteiger partial charge in [-0.2, -0.15) is 17.9 Å². The van der Waals surface area contributed by atoms with E-state index in [2.05, 4.69) is 26.0 Å². The lowest BCUT2D eigenvalue weighted by Crippen LogP contribution is -2.15. The highest BCUT2D eigenvalue weighted by Gasteiger charge is 2.30. The summed E-state index contributed by atoms with van der Waals surface area (Å²) in [4.78, 5) is 11.9. The van der Waals surface area contributed by atoms with Crippen LogP contribution in [0, 0.1) is 6.92 Å². The summed E-state index contributed by atoms with van der Waals surface area (Å²) in [6.45, 7) is 1.68. The van der Waals surface area contributed by atoms with E-state index in [-0.39, 0.29) is 28.3 Å². The minimum Gasteiger partial charge on any atom is -0.360 e. The standard InChI is InChI=1S/C14H11F3N6O2S/c1-8-5-11(20-25-8)18-12(24)7-26-13-19-21-22-23(13)10-4-2-3-9(6-10)14(15,16)17/h2-6H,7H2,1H3,(H,18,20,24). The number of carbonyl (C=O) groups excluding carboxylic acids is 1. The number of tetrazole rings is 1. The summed E-state index contributed by atoms with van der Waals surface area (Å²) in [5.41, 5.74) is -0.680. The largest absolute Gasteiger partial charge is 0.416 e. The Kier molecular flexibility index (Phi) is 4.93. The number of aromatic nitrogens is 5. The Morgan fingerprint density at radius 1 is 1.35 bits per heavy atom. The Labute approximate surface area is 148 Å². The smallest absolute Gasteiger partial charge is 0.360 e. The highest BCUT2D eigenvalue weighted by Crippen LogP contribution is 2.30. The first-order valence-electron chi connectivity index (χ1n) is 7.15. The van der Waals surface area contributed by atoms with Crippen molar-refractivity contribution in [3.8, 4) is 5.69 Å². The van der Waals surface area contributed by atoms with Crippen molar-refractivity contribution < 1.29 is 22.5 Å². The van der Waals surface area contributed by atoms with Gasteiger partial charge in [-0.1, -0.05) is 23.0 Å². The Balaban J connectivity index is 1.70. The zero-order valence-electron chi connectivity index (χ0n) is 13.2. The number of anilines is 1. The van der Waals surface area contributed by atoms with Crippen LogP contribution in [0.2, 0.25) is 0 Å². The van der Waals surface area contributed by atoms with E-state index in [1.807, 2.05) is 0 Å². The fraction of sp³-hybridized carbons (Fsp3) is 0.214. The molecule has 0 atom stereocenters. The van der Waals surface area contributed by atoms with Gasteiger partial charge in [0.25, 0.3) is 0 Å². The third-order valence-corrected chi connectivity index (χ3v) is 4.01. The van der Waals surface area contributed by atoms with Gasteiger partial charge in [0, 0.05) is 6.07 Å². The average Bonchev–Trinajstić information content (AvgIpc) is 3.21. The van der Waals surface area contributed by atoms with Gasteiger partial charge in [-0.05, 0) is 35.5 Å². The maximum atomic E-state index is 12.8. The third kappa shape index (κ3) is 4.20. The number of halogens is 3. The van der Waals surface area contributed by atoms with Crippen LogP contribution in [0.1, 0.15) is 11.3 Å². The fourth-order valence-electron chi connectivity index (χ4n) is 1.98. The lowest BCUT2D eigenvalue weighted by molar-refractivity contribution is -0.137. The summed E-state index contributed by atoms with van der Waals surface area (Å²) in [5.74, 6) is 0.361. The lowest BCUT2D eigenvalue weighted by Gasteiger charge is -2.09. The molecule has 1 amide bonds. The van der Waals surface area contributed by atoms with Crippen LogP contribution in [0.25, 0.3) is 5.69 Å². The molecule has 2 aromatic heterocycles. The molecule has 1 aromatic carbocycles. The zero-order valence-corrected chi connectivity index (χ0v) is 14.0. The number of hydrogen-bond acceptors (Lipinski definition) is 7. The number of carbonyl (C=O) groups is 1. The molecule has 0 saturated heterocycles. The van der Waals surface area contributed by atoms with E-state index in [9.17, 15) is 18.0 Å². The second-order valence-corrected chi connectivity index (χ2v) is 6.02. The Morgan fingerprint density at radius 3 is 2.85 bits per heavy atom. The predicted octanol–water partition coefficient (Wildman–Crippen LogP) is 2.71. The quantitative estimate of drug-likeness (QED) is 0.675. The zero-order chi connectivity index (χ0) is 18.7.